The molecule has 2 heterocycles. The lowest BCUT2D eigenvalue weighted by atomic mass is 10.2. The van der Waals surface area contributed by atoms with Gasteiger partial charge in [0, 0.05) is 11.8 Å². The minimum Gasteiger partial charge on any atom is -0.504 e. The number of hydrogen-bond acceptors (Lipinski definition) is 5. The third-order valence-corrected chi connectivity index (χ3v) is 3.22. The Labute approximate surface area is 122 Å². The van der Waals surface area contributed by atoms with E-state index in [0.29, 0.717) is 17.0 Å². The van der Waals surface area contributed by atoms with E-state index in [1.54, 1.807) is 0 Å². The maximum Gasteiger partial charge on any atom is 0.337 e. The van der Waals surface area contributed by atoms with Gasteiger partial charge in [0.25, 0.3) is 0 Å². The Hall–Kier alpha value is -2.80. The van der Waals surface area contributed by atoms with E-state index in [4.69, 9.17) is 16.7 Å². The standard InChI is InChI=1S/C13H8ClN3O4/c14-8-3-7(13(20)21)5-17-11(15-16-12(8)17)6-1-2-9(18)10(19)4-6/h1-5,18-19H,(H,20,21). The topological polar surface area (TPSA) is 108 Å². The average Bonchev–Trinajstić information content (AvgIpc) is 2.86. The molecule has 0 aliphatic heterocycles. The van der Waals surface area contributed by atoms with E-state index in [-0.39, 0.29) is 22.1 Å². The van der Waals surface area contributed by atoms with Gasteiger partial charge in [-0.05, 0) is 24.3 Å². The van der Waals surface area contributed by atoms with Gasteiger partial charge in [0.05, 0.1) is 10.6 Å². The number of benzene rings is 1. The summed E-state index contributed by atoms with van der Waals surface area (Å²) in [6.45, 7) is 0. The van der Waals surface area contributed by atoms with E-state index >= 15 is 0 Å². The number of aromatic hydroxyl groups is 2. The minimum atomic E-state index is -1.13. The summed E-state index contributed by atoms with van der Waals surface area (Å²) in [6, 6.07) is 5.40. The number of carboxylic acids is 1. The molecule has 8 heteroatoms. The first-order valence-electron chi connectivity index (χ1n) is 5.77. The van der Waals surface area contributed by atoms with Crippen molar-refractivity contribution in [3.63, 3.8) is 0 Å². The van der Waals surface area contributed by atoms with Gasteiger partial charge in [-0.2, -0.15) is 0 Å². The van der Waals surface area contributed by atoms with E-state index in [2.05, 4.69) is 10.2 Å². The van der Waals surface area contributed by atoms with E-state index in [0.717, 1.165) is 0 Å². The zero-order valence-electron chi connectivity index (χ0n) is 10.4. The lowest BCUT2D eigenvalue weighted by Crippen LogP contribution is -2.00. The molecule has 0 bridgehead atoms. The van der Waals surface area contributed by atoms with E-state index < -0.39 is 5.97 Å². The Morgan fingerprint density at radius 3 is 2.57 bits per heavy atom. The molecule has 0 unspecified atom stereocenters. The molecule has 0 radical (unpaired) electrons. The molecule has 7 nitrogen and oxygen atoms in total. The van der Waals surface area contributed by atoms with Crippen molar-refractivity contribution in [2.45, 2.75) is 0 Å². The van der Waals surface area contributed by atoms with Crippen LogP contribution < -0.4 is 0 Å². The molecule has 0 aliphatic rings. The molecule has 0 saturated heterocycles. The number of carbonyl (C=O) groups is 1. The SMILES string of the molecule is O=C(O)c1cc(Cl)c2nnc(-c3ccc(O)c(O)c3)n2c1. The van der Waals surface area contributed by atoms with Crippen LogP contribution in [0.3, 0.4) is 0 Å². The summed E-state index contributed by atoms with van der Waals surface area (Å²) >= 11 is 5.99. The molecule has 21 heavy (non-hydrogen) atoms. The number of aromatic carboxylic acids is 1. The van der Waals surface area contributed by atoms with Crippen LogP contribution in [0.4, 0.5) is 0 Å². The van der Waals surface area contributed by atoms with Crippen LogP contribution in [0.5, 0.6) is 11.5 Å². The number of rotatable bonds is 2. The van der Waals surface area contributed by atoms with Crippen molar-refractivity contribution >= 4 is 23.2 Å². The van der Waals surface area contributed by atoms with Crippen LogP contribution in [0.25, 0.3) is 17.0 Å². The third kappa shape index (κ3) is 2.13. The summed E-state index contributed by atoms with van der Waals surface area (Å²) in [5.41, 5.74) is 0.734. The number of aromatic nitrogens is 3. The number of phenols is 2. The van der Waals surface area contributed by atoms with Crippen LogP contribution >= 0.6 is 11.6 Å². The Morgan fingerprint density at radius 1 is 1.14 bits per heavy atom. The van der Waals surface area contributed by atoms with Crippen molar-refractivity contribution in [1.29, 1.82) is 0 Å². The average molecular weight is 306 g/mol. The molecule has 3 N–H and O–H groups in total. The van der Waals surface area contributed by atoms with E-state index in [1.807, 2.05) is 0 Å². The Bertz CT molecular complexity index is 875. The third-order valence-electron chi connectivity index (χ3n) is 2.94. The van der Waals surface area contributed by atoms with Gasteiger partial charge in [0.1, 0.15) is 0 Å². The second-order valence-electron chi connectivity index (χ2n) is 4.30. The molecule has 3 aromatic rings. The number of hydrogen-bond donors (Lipinski definition) is 3. The fourth-order valence-electron chi connectivity index (χ4n) is 1.93. The second-order valence-corrected chi connectivity index (χ2v) is 4.71. The molecule has 2 aromatic heterocycles. The monoisotopic (exact) mass is 305 g/mol. The van der Waals surface area contributed by atoms with Gasteiger partial charge >= 0.3 is 5.97 Å². The molecule has 0 aliphatic carbocycles. The van der Waals surface area contributed by atoms with E-state index in [1.165, 1.54) is 34.9 Å². The summed E-state index contributed by atoms with van der Waals surface area (Å²) in [4.78, 5) is 11.1. The van der Waals surface area contributed by atoms with Crippen LogP contribution in [-0.2, 0) is 0 Å². The molecular weight excluding hydrogens is 298 g/mol. The highest BCUT2D eigenvalue weighted by Crippen LogP contribution is 2.31. The summed E-state index contributed by atoms with van der Waals surface area (Å²) < 4.78 is 1.41. The first-order chi connectivity index (χ1) is 9.97. The first kappa shape index (κ1) is 13.2. The van der Waals surface area contributed by atoms with Crippen molar-refractivity contribution in [1.82, 2.24) is 14.6 Å². The highest BCUT2D eigenvalue weighted by atomic mass is 35.5. The maximum absolute atomic E-state index is 11.1. The van der Waals surface area contributed by atoms with Gasteiger partial charge in [-0.1, -0.05) is 11.6 Å². The molecule has 0 saturated carbocycles. The van der Waals surface area contributed by atoms with Gasteiger partial charge < -0.3 is 15.3 Å². The Kier molecular flexibility index (Phi) is 2.91. The normalized spacial score (nSPS) is 10.9. The lowest BCUT2D eigenvalue weighted by Gasteiger charge is -2.04. The van der Waals surface area contributed by atoms with Crippen LogP contribution in [0.2, 0.25) is 5.02 Å². The molecule has 106 valence electrons. The number of halogens is 1. The molecule has 0 amide bonds. The summed E-state index contributed by atoms with van der Waals surface area (Å²) in [5.74, 6) is -1.42. The zero-order valence-corrected chi connectivity index (χ0v) is 11.1. The summed E-state index contributed by atoms with van der Waals surface area (Å²) in [5, 5.41) is 35.9. The van der Waals surface area contributed by atoms with Gasteiger partial charge in [-0.15, -0.1) is 10.2 Å². The largest absolute Gasteiger partial charge is 0.504 e. The van der Waals surface area contributed by atoms with Crippen molar-refractivity contribution in [3.05, 3.63) is 41.0 Å². The van der Waals surface area contributed by atoms with Crippen LogP contribution in [0, 0.1) is 0 Å². The number of fused-ring (bicyclic) bond motifs is 1. The van der Waals surface area contributed by atoms with Crippen molar-refractivity contribution < 1.29 is 20.1 Å². The number of nitrogens with zero attached hydrogens (tertiary/aromatic N) is 3. The highest BCUT2D eigenvalue weighted by Gasteiger charge is 2.15. The smallest absolute Gasteiger partial charge is 0.337 e. The van der Waals surface area contributed by atoms with Gasteiger partial charge in [-0.25, -0.2) is 4.79 Å². The Balaban J connectivity index is 2.27. The minimum absolute atomic E-state index is 0.0171. The van der Waals surface area contributed by atoms with Gasteiger partial charge in [-0.3, -0.25) is 4.40 Å². The van der Waals surface area contributed by atoms with Gasteiger partial charge in [0.15, 0.2) is 23.0 Å². The molecule has 1 aromatic carbocycles. The van der Waals surface area contributed by atoms with Crippen LogP contribution in [0.1, 0.15) is 10.4 Å². The number of carboxylic acid groups (broad SMARTS) is 1. The molecule has 3 rings (SSSR count). The summed E-state index contributed by atoms with van der Waals surface area (Å²) in [7, 11) is 0. The molecule has 0 spiro atoms. The van der Waals surface area contributed by atoms with Crippen molar-refractivity contribution in [3.8, 4) is 22.9 Å². The fraction of sp³-hybridized carbons (Fsp3) is 0. The Morgan fingerprint density at radius 2 is 1.90 bits per heavy atom. The molecule has 0 atom stereocenters. The van der Waals surface area contributed by atoms with Gasteiger partial charge in [0.2, 0.25) is 0 Å². The zero-order chi connectivity index (χ0) is 15.1. The highest BCUT2D eigenvalue weighted by molar-refractivity contribution is 6.33. The number of pyridine rings is 1. The predicted octanol–water partition coefficient (Wildman–Crippen LogP) is 2.16. The van der Waals surface area contributed by atoms with Crippen LogP contribution in [0.15, 0.2) is 30.5 Å². The second kappa shape index (κ2) is 4.64. The van der Waals surface area contributed by atoms with Crippen LogP contribution in [-0.4, -0.2) is 35.9 Å². The first-order valence-corrected chi connectivity index (χ1v) is 6.15. The van der Waals surface area contributed by atoms with Crippen molar-refractivity contribution in [2.75, 3.05) is 0 Å². The fourth-order valence-corrected chi connectivity index (χ4v) is 2.18. The molecular formula is C13H8ClN3O4. The molecule has 0 fully saturated rings. The number of phenolic OH excluding ortho intramolecular Hbond substituents is 2. The summed E-state index contributed by atoms with van der Waals surface area (Å²) in [6.07, 6.45) is 1.34. The maximum atomic E-state index is 11.1. The van der Waals surface area contributed by atoms with E-state index in [9.17, 15) is 15.0 Å². The quantitative estimate of drug-likeness (QED) is 0.626. The van der Waals surface area contributed by atoms with Crippen molar-refractivity contribution in [2.24, 2.45) is 0 Å². The predicted molar refractivity (Wildman–Crippen MR) is 73.7 cm³/mol. The lowest BCUT2D eigenvalue weighted by molar-refractivity contribution is 0.0696.